The van der Waals surface area contributed by atoms with Crippen LogP contribution in [0.1, 0.15) is 0 Å². The van der Waals surface area contributed by atoms with Crippen molar-refractivity contribution in [2.75, 3.05) is 0 Å². The molecule has 0 fully saturated rings. The average Bonchev–Trinajstić information content (AvgIpc) is 1.83. The maximum atomic E-state index is 11.7. The van der Waals surface area contributed by atoms with Crippen LogP contribution in [0.15, 0.2) is 12.0 Å². The van der Waals surface area contributed by atoms with Gasteiger partial charge in [0, 0.05) is 0 Å². The summed E-state index contributed by atoms with van der Waals surface area (Å²) in [6.45, 7) is 0. The number of carbonyl (C=O) groups is 1. The molecular weight excluding hydrogens is 125 g/mol. The van der Waals surface area contributed by atoms with Gasteiger partial charge in [-0.1, -0.05) is 0 Å². The Morgan fingerprint density at radius 3 is 2.78 bits per heavy atom. The molecule has 0 radical (unpaired) electrons. The highest BCUT2D eigenvalue weighted by Crippen LogP contribution is 1.87. The van der Waals surface area contributed by atoms with Gasteiger partial charge in [-0.25, -0.2) is 4.79 Å². The molecule has 0 rings (SSSR count). The normalized spacial score (nSPS) is 10.1. The van der Waals surface area contributed by atoms with E-state index in [1.807, 2.05) is 5.32 Å². The van der Waals surface area contributed by atoms with Crippen LogP contribution in [0.25, 0.3) is 0 Å². The number of carbonyl (C=O) groups excluding carboxylic acids is 1. The number of nitrogens with one attached hydrogen (secondary N) is 1. The van der Waals surface area contributed by atoms with Gasteiger partial charge in [0.1, 0.15) is 6.07 Å². The molecule has 0 saturated carbocycles. The highest BCUT2D eigenvalue weighted by Gasteiger charge is 1.92. The first-order chi connectivity index (χ1) is 4.16. The lowest BCUT2D eigenvalue weighted by Crippen LogP contribution is -2.61. The molecule has 0 bridgehead atoms. The van der Waals surface area contributed by atoms with Crippen molar-refractivity contribution in [1.82, 2.24) is 5.32 Å². The van der Waals surface area contributed by atoms with E-state index in [0.717, 1.165) is 0 Å². The lowest BCUT2D eigenvalue weighted by Gasteiger charge is -1.82. The molecule has 48 valence electrons. The van der Waals surface area contributed by atoms with Crippen molar-refractivity contribution in [2.24, 2.45) is 0 Å². The third kappa shape index (κ3) is 4.44. The van der Waals surface area contributed by atoms with Crippen molar-refractivity contribution in [3.05, 3.63) is 12.0 Å². The number of nitriles is 1. The van der Waals surface area contributed by atoms with Crippen LogP contribution >= 0.6 is 0 Å². The number of rotatable bonds is 1. The van der Waals surface area contributed by atoms with E-state index in [1.165, 1.54) is 6.07 Å². The smallest absolute Gasteiger partial charge is 0.279 e. The average molecular weight is 130 g/mol. The fourth-order valence-electron chi connectivity index (χ4n) is 0.176. The Bertz CT molecular complexity index is 181. The number of hydrogen-bond donors (Lipinski definition) is 2. The molecule has 0 aromatic heterocycles. The Kier molecular flexibility index (Phi) is 3.01. The van der Waals surface area contributed by atoms with E-state index in [2.05, 4.69) is 5.73 Å². The number of halogens is 1. The fraction of sp³-hybridized carbons (Fsp3) is 0. The first kappa shape index (κ1) is 7.59. The van der Waals surface area contributed by atoms with Gasteiger partial charge >= 0.3 is 6.03 Å². The molecule has 0 aromatic carbocycles. The summed E-state index contributed by atoms with van der Waals surface area (Å²) >= 11 is 0. The SMILES string of the molecule is N#CC(F)=CNC([NH3+])=O. The van der Waals surface area contributed by atoms with E-state index in [-0.39, 0.29) is 0 Å². The zero-order chi connectivity index (χ0) is 7.28. The lowest BCUT2D eigenvalue weighted by atomic mass is 10.6. The summed E-state index contributed by atoms with van der Waals surface area (Å²) in [5, 5.41) is 9.67. The van der Waals surface area contributed by atoms with Crippen LogP contribution in [-0.2, 0) is 0 Å². The van der Waals surface area contributed by atoms with Crippen molar-refractivity contribution in [1.29, 1.82) is 5.26 Å². The van der Waals surface area contributed by atoms with E-state index in [4.69, 9.17) is 5.26 Å². The number of amides is 2. The minimum atomic E-state index is -1.05. The van der Waals surface area contributed by atoms with Crippen molar-refractivity contribution in [2.45, 2.75) is 0 Å². The molecule has 0 heterocycles. The van der Waals surface area contributed by atoms with E-state index < -0.39 is 11.9 Å². The van der Waals surface area contributed by atoms with Gasteiger partial charge in [0.15, 0.2) is 0 Å². The second-order valence-electron chi connectivity index (χ2n) is 1.17. The van der Waals surface area contributed by atoms with Crippen molar-refractivity contribution in [3.8, 4) is 6.07 Å². The van der Waals surface area contributed by atoms with Gasteiger partial charge in [-0.3, -0.25) is 11.1 Å². The Hall–Kier alpha value is -1.41. The van der Waals surface area contributed by atoms with Crippen LogP contribution in [-0.4, -0.2) is 6.03 Å². The zero-order valence-corrected chi connectivity index (χ0v) is 4.52. The summed E-state index contributed by atoms with van der Waals surface area (Å²) in [5.41, 5.74) is 2.87. The van der Waals surface area contributed by atoms with Crippen LogP contribution in [0.3, 0.4) is 0 Å². The predicted molar refractivity (Wildman–Crippen MR) is 26.2 cm³/mol. The summed E-state index contributed by atoms with van der Waals surface area (Å²) in [5.74, 6) is -1.05. The molecule has 0 spiro atoms. The summed E-state index contributed by atoms with van der Waals surface area (Å²) in [4.78, 5) is 9.92. The lowest BCUT2D eigenvalue weighted by molar-refractivity contribution is -0.249. The van der Waals surface area contributed by atoms with Crippen LogP contribution in [0.2, 0.25) is 0 Å². The van der Waals surface area contributed by atoms with Crippen LogP contribution < -0.4 is 11.1 Å². The number of quaternary nitrogens is 1. The van der Waals surface area contributed by atoms with Crippen LogP contribution in [0, 0.1) is 11.3 Å². The Balaban J connectivity index is 3.74. The van der Waals surface area contributed by atoms with Crippen molar-refractivity contribution in [3.63, 3.8) is 0 Å². The quantitative estimate of drug-likeness (QED) is 0.459. The van der Waals surface area contributed by atoms with E-state index in [9.17, 15) is 9.18 Å². The van der Waals surface area contributed by atoms with Gasteiger partial charge in [0.2, 0.25) is 5.83 Å². The Morgan fingerprint density at radius 2 is 2.44 bits per heavy atom. The number of urea groups is 1. The van der Waals surface area contributed by atoms with Gasteiger partial charge < -0.3 is 0 Å². The summed E-state index contributed by atoms with van der Waals surface area (Å²) < 4.78 is 11.7. The van der Waals surface area contributed by atoms with E-state index in [0.29, 0.717) is 6.20 Å². The van der Waals surface area contributed by atoms with Gasteiger partial charge in [-0.15, -0.1) is 0 Å². The zero-order valence-electron chi connectivity index (χ0n) is 4.52. The minimum absolute atomic E-state index is 0.648. The first-order valence-corrected chi connectivity index (χ1v) is 2.05. The predicted octanol–water partition coefficient (Wildman–Crippen LogP) is -0.728. The van der Waals surface area contributed by atoms with E-state index in [1.54, 1.807) is 0 Å². The maximum Gasteiger partial charge on any atom is 0.415 e. The molecule has 2 amide bonds. The number of nitrogens with zero attached hydrogens (tertiary/aromatic N) is 1. The van der Waals surface area contributed by atoms with Crippen molar-refractivity contribution < 1.29 is 14.9 Å². The van der Waals surface area contributed by atoms with E-state index >= 15 is 0 Å². The molecule has 0 atom stereocenters. The number of allylic oxidation sites excluding steroid dienone is 1. The minimum Gasteiger partial charge on any atom is -0.279 e. The Morgan fingerprint density at radius 1 is 1.89 bits per heavy atom. The van der Waals surface area contributed by atoms with Crippen LogP contribution in [0.5, 0.6) is 0 Å². The molecule has 0 saturated heterocycles. The standard InChI is InChI=1S/C4H4FN3O/c5-3(1-6)2-8-4(7)9/h2H,(H3,7,8,9)/p+1. The molecule has 4 nitrogen and oxygen atoms in total. The molecule has 0 aliphatic rings. The highest BCUT2D eigenvalue weighted by molar-refractivity contribution is 5.63. The van der Waals surface area contributed by atoms with Gasteiger partial charge in [0.25, 0.3) is 0 Å². The van der Waals surface area contributed by atoms with Gasteiger partial charge in [0.05, 0.1) is 6.20 Å². The maximum absolute atomic E-state index is 11.7. The van der Waals surface area contributed by atoms with Gasteiger partial charge in [-0.05, 0) is 0 Å². The molecule has 0 aliphatic heterocycles. The second kappa shape index (κ2) is 3.57. The van der Waals surface area contributed by atoms with Crippen molar-refractivity contribution >= 4 is 6.03 Å². The van der Waals surface area contributed by atoms with Gasteiger partial charge in [-0.2, -0.15) is 9.65 Å². The molecule has 0 aromatic rings. The fourth-order valence-corrected chi connectivity index (χ4v) is 0.176. The summed E-state index contributed by atoms with van der Waals surface area (Å²) in [6.07, 6.45) is 0.648. The number of hydrogen-bond acceptors (Lipinski definition) is 2. The molecule has 5 heteroatoms. The molecule has 9 heavy (non-hydrogen) atoms. The third-order valence-corrected chi connectivity index (χ3v) is 0.467. The summed E-state index contributed by atoms with van der Waals surface area (Å²) in [6, 6.07) is 0.520. The Labute approximate surface area is 50.8 Å². The molecule has 0 aliphatic carbocycles. The summed E-state index contributed by atoms with van der Waals surface area (Å²) in [7, 11) is 0. The molecule has 0 unspecified atom stereocenters. The topological polar surface area (TPSA) is 80.5 Å². The monoisotopic (exact) mass is 130 g/mol. The second-order valence-corrected chi connectivity index (χ2v) is 1.17. The highest BCUT2D eigenvalue weighted by atomic mass is 19.1. The van der Waals surface area contributed by atoms with Crippen LogP contribution in [0.4, 0.5) is 9.18 Å². The largest absolute Gasteiger partial charge is 0.415 e. The third-order valence-electron chi connectivity index (χ3n) is 0.467. The first-order valence-electron chi connectivity index (χ1n) is 2.05. The molecular formula is C4H5FN3O+. The molecule has 4 N–H and O–H groups in total.